The fourth-order valence-electron chi connectivity index (χ4n) is 5.76. The predicted molar refractivity (Wildman–Crippen MR) is 93.7 cm³/mol. The lowest BCUT2D eigenvalue weighted by Gasteiger charge is -2.53. The van der Waals surface area contributed by atoms with Gasteiger partial charge in [0, 0.05) is 31.1 Å². The second-order valence-electron chi connectivity index (χ2n) is 8.15. The van der Waals surface area contributed by atoms with E-state index < -0.39 is 0 Å². The topological polar surface area (TPSA) is 59.8 Å². The van der Waals surface area contributed by atoms with E-state index in [1.54, 1.807) is 17.1 Å². The highest BCUT2D eigenvalue weighted by Gasteiger charge is 2.50. The number of aromatic nitrogens is 3. The largest absolute Gasteiger partial charge is 0.352 e. The Morgan fingerprint density at radius 1 is 1.12 bits per heavy atom. The van der Waals surface area contributed by atoms with Gasteiger partial charge in [-0.25, -0.2) is 9.67 Å². The summed E-state index contributed by atoms with van der Waals surface area (Å²) in [4.78, 5) is 17.2. The third-order valence-corrected chi connectivity index (χ3v) is 6.55. The van der Waals surface area contributed by atoms with Gasteiger partial charge >= 0.3 is 0 Å². The highest BCUT2D eigenvalue weighted by Crippen LogP contribution is 2.56. The normalized spacial score (nSPS) is 32.7. The van der Waals surface area contributed by atoms with Gasteiger partial charge in [0.25, 0.3) is 0 Å². The zero-order valence-corrected chi connectivity index (χ0v) is 14.3. The first-order chi connectivity index (χ1) is 12.3. The van der Waals surface area contributed by atoms with Crippen LogP contribution in [0.25, 0.3) is 5.82 Å². The molecule has 0 aliphatic heterocycles. The number of rotatable bonds is 4. The van der Waals surface area contributed by atoms with E-state index in [0.717, 1.165) is 23.2 Å². The van der Waals surface area contributed by atoms with E-state index in [1.807, 2.05) is 24.4 Å². The highest BCUT2D eigenvalue weighted by molar-refractivity contribution is 5.79. The van der Waals surface area contributed by atoms with E-state index in [1.165, 1.54) is 32.1 Å². The van der Waals surface area contributed by atoms with E-state index in [0.29, 0.717) is 18.4 Å². The van der Waals surface area contributed by atoms with Crippen LogP contribution in [0.2, 0.25) is 0 Å². The van der Waals surface area contributed by atoms with Gasteiger partial charge < -0.3 is 5.32 Å². The molecule has 0 radical (unpaired) electrons. The van der Waals surface area contributed by atoms with Crippen LogP contribution >= 0.6 is 0 Å². The van der Waals surface area contributed by atoms with E-state index in [9.17, 15) is 4.79 Å². The Labute approximate surface area is 147 Å². The molecule has 0 spiro atoms. The summed E-state index contributed by atoms with van der Waals surface area (Å²) < 4.78 is 1.74. The van der Waals surface area contributed by atoms with Gasteiger partial charge in [0.05, 0.1) is 0 Å². The van der Waals surface area contributed by atoms with Gasteiger partial charge in [-0.1, -0.05) is 0 Å². The maximum Gasteiger partial charge on any atom is 0.223 e. The monoisotopic (exact) mass is 336 g/mol. The van der Waals surface area contributed by atoms with Gasteiger partial charge in [-0.2, -0.15) is 5.10 Å². The molecule has 2 heterocycles. The maximum atomic E-state index is 12.9. The molecule has 0 atom stereocenters. The van der Waals surface area contributed by atoms with E-state index in [4.69, 9.17) is 0 Å². The molecule has 130 valence electrons. The molecule has 1 N–H and O–H groups in total. The lowest BCUT2D eigenvalue weighted by molar-refractivity contribution is -0.138. The van der Waals surface area contributed by atoms with Crippen LogP contribution in [-0.4, -0.2) is 20.7 Å². The standard InChI is InChI=1S/C20H24N4O/c25-20(19-16-7-14-6-15(9-16)10-17(19)8-14)22-12-13-2-4-21-18(11-13)24-5-1-3-23-24/h1-5,11,14-17,19H,6-10,12H2,(H,22,25). The number of carbonyl (C=O) groups is 1. The van der Waals surface area contributed by atoms with Crippen LogP contribution in [0.1, 0.15) is 37.7 Å². The van der Waals surface area contributed by atoms with Crippen molar-refractivity contribution in [2.75, 3.05) is 0 Å². The summed E-state index contributed by atoms with van der Waals surface area (Å²) in [5.74, 6) is 4.38. The zero-order chi connectivity index (χ0) is 16.8. The van der Waals surface area contributed by atoms with Crippen molar-refractivity contribution in [3.05, 3.63) is 42.4 Å². The minimum Gasteiger partial charge on any atom is -0.352 e. The van der Waals surface area contributed by atoms with Gasteiger partial charge in [-0.05, 0) is 79.5 Å². The molecule has 25 heavy (non-hydrogen) atoms. The molecule has 4 bridgehead atoms. The third-order valence-electron chi connectivity index (χ3n) is 6.55. The van der Waals surface area contributed by atoms with Crippen molar-refractivity contribution in [1.82, 2.24) is 20.1 Å². The van der Waals surface area contributed by atoms with Gasteiger partial charge in [0.15, 0.2) is 5.82 Å². The quantitative estimate of drug-likeness (QED) is 0.934. The summed E-state index contributed by atoms with van der Waals surface area (Å²) in [5, 5.41) is 7.42. The average molecular weight is 336 g/mol. The highest BCUT2D eigenvalue weighted by atomic mass is 16.1. The second-order valence-corrected chi connectivity index (χ2v) is 8.15. The van der Waals surface area contributed by atoms with Crippen molar-refractivity contribution < 1.29 is 4.79 Å². The van der Waals surface area contributed by atoms with Crippen LogP contribution in [0.3, 0.4) is 0 Å². The van der Waals surface area contributed by atoms with Crippen molar-refractivity contribution >= 4 is 5.91 Å². The van der Waals surface area contributed by atoms with Gasteiger partial charge in [0.1, 0.15) is 0 Å². The second kappa shape index (κ2) is 5.97. The smallest absolute Gasteiger partial charge is 0.223 e. The van der Waals surface area contributed by atoms with Gasteiger partial charge in [-0.15, -0.1) is 0 Å². The first kappa shape index (κ1) is 15.1. The van der Waals surface area contributed by atoms with Crippen molar-refractivity contribution in [3.63, 3.8) is 0 Å². The molecule has 2 aromatic heterocycles. The number of pyridine rings is 1. The summed E-state index contributed by atoms with van der Waals surface area (Å²) in [6.07, 6.45) is 11.9. The minimum atomic E-state index is 0.250. The number of amides is 1. The van der Waals surface area contributed by atoms with Crippen LogP contribution < -0.4 is 5.32 Å². The van der Waals surface area contributed by atoms with Crippen LogP contribution in [0.4, 0.5) is 0 Å². The fraction of sp³-hybridized carbons (Fsp3) is 0.550. The number of nitrogens with one attached hydrogen (secondary N) is 1. The van der Waals surface area contributed by atoms with E-state index in [-0.39, 0.29) is 11.8 Å². The lowest BCUT2D eigenvalue weighted by Crippen LogP contribution is -2.50. The van der Waals surface area contributed by atoms with E-state index >= 15 is 0 Å². The Morgan fingerprint density at radius 3 is 2.56 bits per heavy atom. The Hall–Kier alpha value is -2.17. The SMILES string of the molecule is O=C(NCc1ccnc(-n2cccn2)c1)C1C2CC3CC(C2)CC1C3. The Bertz CT molecular complexity index is 742. The van der Waals surface area contributed by atoms with Crippen LogP contribution in [-0.2, 0) is 11.3 Å². The number of hydrogen-bond acceptors (Lipinski definition) is 3. The van der Waals surface area contributed by atoms with Crippen LogP contribution in [0.5, 0.6) is 0 Å². The minimum absolute atomic E-state index is 0.250. The third kappa shape index (κ3) is 2.75. The molecule has 0 unspecified atom stereocenters. The van der Waals surface area contributed by atoms with Crippen molar-refractivity contribution in [3.8, 4) is 5.82 Å². The van der Waals surface area contributed by atoms with Gasteiger partial charge in [-0.3, -0.25) is 4.79 Å². The molecule has 0 saturated heterocycles. The average Bonchev–Trinajstić information content (AvgIpc) is 3.14. The fourth-order valence-corrected chi connectivity index (χ4v) is 5.76. The van der Waals surface area contributed by atoms with E-state index in [2.05, 4.69) is 15.4 Å². The molecule has 0 aromatic carbocycles. The Morgan fingerprint density at radius 2 is 1.88 bits per heavy atom. The van der Waals surface area contributed by atoms with Crippen LogP contribution in [0, 0.1) is 29.6 Å². The number of carbonyl (C=O) groups excluding carboxylic acids is 1. The molecular formula is C20H24N4O. The molecule has 4 aliphatic carbocycles. The van der Waals surface area contributed by atoms with Crippen molar-refractivity contribution in [1.29, 1.82) is 0 Å². The summed E-state index contributed by atoms with van der Waals surface area (Å²) in [5.41, 5.74) is 1.07. The Balaban J connectivity index is 1.26. The molecule has 1 amide bonds. The molecule has 6 rings (SSSR count). The number of hydrogen-bond donors (Lipinski definition) is 1. The summed E-state index contributed by atoms with van der Waals surface area (Å²) in [7, 11) is 0. The molecule has 4 saturated carbocycles. The lowest BCUT2D eigenvalue weighted by atomic mass is 9.51. The summed E-state index contributed by atoms with van der Waals surface area (Å²) >= 11 is 0. The molecule has 5 heteroatoms. The van der Waals surface area contributed by atoms with Crippen molar-refractivity contribution in [2.24, 2.45) is 29.6 Å². The summed E-state index contributed by atoms with van der Waals surface area (Å²) in [6, 6.07) is 5.83. The molecular weight excluding hydrogens is 312 g/mol. The molecule has 4 aliphatic rings. The van der Waals surface area contributed by atoms with Gasteiger partial charge in [0.2, 0.25) is 5.91 Å². The zero-order valence-electron chi connectivity index (χ0n) is 14.3. The first-order valence-electron chi connectivity index (χ1n) is 9.49. The first-order valence-corrected chi connectivity index (χ1v) is 9.49. The summed E-state index contributed by atoms with van der Waals surface area (Å²) in [6.45, 7) is 0.568. The van der Waals surface area contributed by atoms with Crippen molar-refractivity contribution in [2.45, 2.75) is 38.6 Å². The Kier molecular flexibility index (Phi) is 3.61. The van der Waals surface area contributed by atoms with Crippen LogP contribution in [0.15, 0.2) is 36.8 Å². The molecule has 5 nitrogen and oxygen atoms in total. The molecule has 4 fully saturated rings. The number of nitrogens with zero attached hydrogens (tertiary/aromatic N) is 3. The molecule has 2 aromatic rings. The maximum absolute atomic E-state index is 12.9. The predicted octanol–water partition coefficient (Wildman–Crippen LogP) is 2.96.